The van der Waals surface area contributed by atoms with Gasteiger partial charge in [0.15, 0.2) is 0 Å². The molecule has 0 spiro atoms. The molecule has 15 heteroatoms. The van der Waals surface area contributed by atoms with E-state index in [9.17, 15) is 26.4 Å². The van der Waals surface area contributed by atoms with Crippen LogP contribution in [0.3, 0.4) is 0 Å². The maximum absolute atomic E-state index is 15.0. The molecule has 2 aromatic carbocycles. The molecule has 1 saturated heterocycles. The third-order valence-electron chi connectivity index (χ3n) is 6.71. The standard InChI is InChI=1S/C25H29Cl2FN2O4S.C2HF3O2/c1-25(2)14-34-20(8-15-6-18(26)10-19(27)7-15)13-30(25)12-17-9-23(28)22(11-21(17)16-4-5-16)24(31)29-35(3,32)33;3-2(4,5)1(6)7/h6-7,9-11,16,20H,4-5,8,12-14H2,1-3H3,(H,29,31);(H,6,7)/t20-;/m1./s1. The van der Waals surface area contributed by atoms with E-state index in [0.717, 1.165) is 35.8 Å². The zero-order valence-corrected chi connectivity index (χ0v) is 25.2. The summed E-state index contributed by atoms with van der Waals surface area (Å²) in [6.45, 7) is 5.78. The number of alkyl halides is 3. The third kappa shape index (κ3) is 9.80. The lowest BCUT2D eigenvalue weighted by Gasteiger charge is -2.45. The number of carboxylic acids is 1. The van der Waals surface area contributed by atoms with Gasteiger partial charge in [0.2, 0.25) is 10.0 Å². The number of benzene rings is 2. The minimum Gasteiger partial charge on any atom is -0.475 e. The molecule has 1 aliphatic heterocycles. The number of nitrogens with zero attached hydrogens (tertiary/aromatic N) is 1. The fourth-order valence-electron chi connectivity index (χ4n) is 4.50. The second-order valence-corrected chi connectivity index (χ2v) is 13.5. The Hall–Kier alpha value is -2.45. The van der Waals surface area contributed by atoms with Gasteiger partial charge in [0.1, 0.15) is 5.82 Å². The van der Waals surface area contributed by atoms with Gasteiger partial charge in [-0.2, -0.15) is 13.2 Å². The second kappa shape index (κ2) is 13.0. The van der Waals surface area contributed by atoms with Crippen LogP contribution in [0.5, 0.6) is 0 Å². The lowest BCUT2D eigenvalue weighted by atomic mass is 9.94. The highest BCUT2D eigenvalue weighted by Crippen LogP contribution is 2.43. The molecule has 0 radical (unpaired) electrons. The lowest BCUT2D eigenvalue weighted by Crippen LogP contribution is -2.56. The van der Waals surface area contributed by atoms with Crippen molar-refractivity contribution in [2.45, 2.75) is 63.4 Å². The van der Waals surface area contributed by atoms with Crippen LogP contribution in [0, 0.1) is 5.82 Å². The average molecular weight is 658 g/mol. The number of hydrogen-bond acceptors (Lipinski definition) is 6. The monoisotopic (exact) mass is 656 g/mol. The maximum Gasteiger partial charge on any atom is 0.490 e. The van der Waals surface area contributed by atoms with Crippen LogP contribution in [0.4, 0.5) is 17.6 Å². The largest absolute Gasteiger partial charge is 0.490 e. The van der Waals surface area contributed by atoms with Gasteiger partial charge in [-0.3, -0.25) is 9.69 Å². The molecular weight excluding hydrogens is 627 g/mol. The Balaban J connectivity index is 0.000000616. The van der Waals surface area contributed by atoms with Crippen LogP contribution in [0.1, 0.15) is 59.7 Å². The molecule has 1 atom stereocenters. The second-order valence-electron chi connectivity index (χ2n) is 10.9. The van der Waals surface area contributed by atoms with Gasteiger partial charge in [-0.05, 0) is 86.1 Å². The van der Waals surface area contributed by atoms with E-state index in [1.165, 1.54) is 12.1 Å². The Labute approximate surface area is 251 Å². The number of carbonyl (C=O) groups excluding carboxylic acids is 1. The smallest absolute Gasteiger partial charge is 0.475 e. The SMILES string of the molecule is CC1(C)CO[C@H](Cc2cc(Cl)cc(Cl)c2)CN1Cc1cc(F)c(C(=O)NS(C)(=O)=O)cc1C1CC1.O=C(O)C(F)(F)F. The number of amides is 1. The fraction of sp³-hybridized carbons (Fsp3) is 0.481. The fourth-order valence-corrected chi connectivity index (χ4v) is 5.52. The van der Waals surface area contributed by atoms with Gasteiger partial charge in [-0.15, -0.1) is 0 Å². The van der Waals surface area contributed by atoms with Crippen LogP contribution in [0.15, 0.2) is 30.3 Å². The molecule has 2 fully saturated rings. The summed E-state index contributed by atoms with van der Waals surface area (Å²) in [6.07, 6.45) is -1.76. The van der Waals surface area contributed by atoms with Crippen LogP contribution >= 0.6 is 23.2 Å². The number of morpholine rings is 1. The summed E-state index contributed by atoms with van der Waals surface area (Å²) in [5, 5.41) is 8.27. The van der Waals surface area contributed by atoms with Crippen LogP contribution in [-0.4, -0.2) is 67.5 Å². The van der Waals surface area contributed by atoms with E-state index in [0.29, 0.717) is 36.2 Å². The Morgan fingerprint density at radius 2 is 1.69 bits per heavy atom. The molecule has 0 aromatic heterocycles. The van der Waals surface area contributed by atoms with Crippen LogP contribution in [-0.2, 0) is 32.5 Å². The Kier molecular flexibility index (Phi) is 10.6. The van der Waals surface area contributed by atoms with Crippen molar-refractivity contribution in [3.63, 3.8) is 0 Å². The van der Waals surface area contributed by atoms with Crippen LogP contribution in [0.25, 0.3) is 0 Å². The van der Waals surface area contributed by atoms with Crippen molar-refractivity contribution < 1.29 is 45.4 Å². The first-order valence-electron chi connectivity index (χ1n) is 12.7. The minimum atomic E-state index is -5.08. The topological polar surface area (TPSA) is 113 Å². The summed E-state index contributed by atoms with van der Waals surface area (Å²) in [4.78, 5) is 23.5. The molecule has 2 aliphatic rings. The number of aliphatic carboxylic acids is 1. The zero-order chi connectivity index (χ0) is 31.6. The van der Waals surface area contributed by atoms with E-state index in [-0.39, 0.29) is 23.1 Å². The summed E-state index contributed by atoms with van der Waals surface area (Å²) in [6, 6.07) is 8.34. The van der Waals surface area contributed by atoms with E-state index >= 15 is 4.39 Å². The summed E-state index contributed by atoms with van der Waals surface area (Å²) in [5.41, 5.74) is 2.15. The normalized spacial score (nSPS) is 19.0. The highest BCUT2D eigenvalue weighted by molar-refractivity contribution is 7.89. The number of nitrogens with one attached hydrogen (secondary N) is 1. The molecule has 42 heavy (non-hydrogen) atoms. The molecule has 1 amide bonds. The first-order valence-corrected chi connectivity index (χ1v) is 15.4. The number of halogens is 6. The van der Waals surface area contributed by atoms with Gasteiger partial charge in [-0.1, -0.05) is 23.2 Å². The number of ether oxygens (including phenoxy) is 1. The minimum absolute atomic E-state index is 0.0911. The van der Waals surface area contributed by atoms with Gasteiger partial charge < -0.3 is 9.84 Å². The Bertz CT molecular complexity index is 1430. The highest BCUT2D eigenvalue weighted by Gasteiger charge is 2.38. The highest BCUT2D eigenvalue weighted by atomic mass is 35.5. The van der Waals surface area contributed by atoms with Crippen molar-refractivity contribution >= 4 is 45.1 Å². The van der Waals surface area contributed by atoms with E-state index in [4.69, 9.17) is 37.8 Å². The van der Waals surface area contributed by atoms with Gasteiger partial charge >= 0.3 is 12.1 Å². The molecule has 0 bridgehead atoms. The van der Waals surface area contributed by atoms with Crippen molar-refractivity contribution in [3.8, 4) is 0 Å². The van der Waals surface area contributed by atoms with E-state index in [1.54, 1.807) is 6.07 Å². The van der Waals surface area contributed by atoms with Gasteiger partial charge in [-0.25, -0.2) is 22.3 Å². The van der Waals surface area contributed by atoms with Crippen molar-refractivity contribution in [3.05, 3.63) is 68.4 Å². The molecule has 232 valence electrons. The maximum atomic E-state index is 15.0. The molecule has 1 saturated carbocycles. The number of hydrogen-bond donors (Lipinski definition) is 2. The molecule has 8 nitrogen and oxygen atoms in total. The molecule has 1 heterocycles. The lowest BCUT2D eigenvalue weighted by molar-refractivity contribution is -0.192. The number of rotatable bonds is 7. The number of carbonyl (C=O) groups is 2. The van der Waals surface area contributed by atoms with Crippen molar-refractivity contribution in [2.75, 3.05) is 19.4 Å². The predicted molar refractivity (Wildman–Crippen MR) is 149 cm³/mol. The average Bonchev–Trinajstić information content (AvgIpc) is 3.65. The molecule has 0 unspecified atom stereocenters. The number of carboxylic acid groups (broad SMARTS) is 1. The van der Waals surface area contributed by atoms with Crippen molar-refractivity contribution in [2.24, 2.45) is 0 Å². The predicted octanol–water partition coefficient (Wildman–Crippen LogP) is 5.55. The van der Waals surface area contributed by atoms with Gasteiger partial charge in [0.25, 0.3) is 5.91 Å². The first-order chi connectivity index (χ1) is 19.2. The molecule has 1 aliphatic carbocycles. The molecular formula is C27H30Cl2F4N2O6S. The first kappa shape index (κ1) is 34.0. The van der Waals surface area contributed by atoms with Crippen molar-refractivity contribution in [1.29, 1.82) is 0 Å². The summed E-state index contributed by atoms with van der Waals surface area (Å²) >= 11 is 12.3. The quantitative estimate of drug-likeness (QED) is 0.376. The zero-order valence-electron chi connectivity index (χ0n) is 22.9. The summed E-state index contributed by atoms with van der Waals surface area (Å²) in [5.74, 6) is -4.21. The summed E-state index contributed by atoms with van der Waals surface area (Å²) < 4.78 is 77.7. The van der Waals surface area contributed by atoms with E-state index < -0.39 is 33.9 Å². The third-order valence-corrected chi connectivity index (χ3v) is 7.70. The van der Waals surface area contributed by atoms with Crippen LogP contribution < -0.4 is 4.72 Å². The Morgan fingerprint density at radius 3 is 2.19 bits per heavy atom. The van der Waals surface area contributed by atoms with E-state index in [1.807, 2.05) is 16.9 Å². The van der Waals surface area contributed by atoms with Gasteiger partial charge in [0, 0.05) is 28.7 Å². The molecule has 4 rings (SSSR count). The molecule has 2 N–H and O–H groups in total. The van der Waals surface area contributed by atoms with Crippen LogP contribution in [0.2, 0.25) is 10.0 Å². The number of sulfonamides is 1. The van der Waals surface area contributed by atoms with Gasteiger partial charge in [0.05, 0.1) is 24.5 Å². The van der Waals surface area contributed by atoms with Crippen molar-refractivity contribution in [1.82, 2.24) is 9.62 Å². The molecule has 2 aromatic rings. The summed E-state index contributed by atoms with van der Waals surface area (Å²) in [7, 11) is -3.80. The Morgan fingerprint density at radius 1 is 1.12 bits per heavy atom. The van der Waals surface area contributed by atoms with E-state index in [2.05, 4.69) is 18.7 Å².